The van der Waals surface area contributed by atoms with Crippen molar-refractivity contribution in [3.05, 3.63) is 101 Å². The fraction of sp³-hybridized carbons (Fsp3) is 0.222. The fourth-order valence-corrected chi connectivity index (χ4v) is 3.67. The third-order valence-electron chi connectivity index (χ3n) is 5.03. The highest BCUT2D eigenvalue weighted by atomic mass is 15.2. The van der Waals surface area contributed by atoms with E-state index in [9.17, 15) is 0 Å². The van der Waals surface area contributed by atoms with Crippen LogP contribution in [0.2, 0.25) is 0 Å². The van der Waals surface area contributed by atoms with Gasteiger partial charge in [-0.3, -0.25) is 0 Å². The third-order valence-corrected chi connectivity index (χ3v) is 5.03. The topological polar surface area (TPSA) is 36.4 Å². The van der Waals surface area contributed by atoms with Gasteiger partial charge in [-0.25, -0.2) is 4.99 Å². The zero-order valence-corrected chi connectivity index (χ0v) is 18.2. The number of aryl methyl sites for hydroxylation is 1. The predicted octanol–water partition coefficient (Wildman–Crippen LogP) is 6.87. The normalized spacial score (nSPS) is 16.1. The largest absolute Gasteiger partial charge is 0.325 e. The lowest BCUT2D eigenvalue weighted by molar-refractivity contribution is 0.546. The van der Waals surface area contributed by atoms with Crippen molar-refractivity contribution in [1.82, 2.24) is 0 Å². The number of allylic oxidation sites excluding steroid dienone is 1. The van der Waals surface area contributed by atoms with Crippen LogP contribution in [-0.2, 0) is 6.54 Å². The first-order chi connectivity index (χ1) is 14.4. The number of anilines is 2. The molecule has 2 N–H and O–H groups in total. The van der Waals surface area contributed by atoms with Crippen LogP contribution in [0, 0.1) is 12.3 Å². The van der Waals surface area contributed by atoms with Gasteiger partial charge in [0, 0.05) is 22.5 Å². The quantitative estimate of drug-likeness (QED) is 0.497. The molecule has 3 nitrogen and oxygen atoms in total. The van der Waals surface area contributed by atoms with E-state index in [1.54, 1.807) is 0 Å². The number of rotatable bonds is 2. The molecule has 3 aromatic rings. The van der Waals surface area contributed by atoms with Crippen LogP contribution in [0.1, 0.15) is 43.0 Å². The first-order valence-corrected chi connectivity index (χ1v) is 10.4. The number of fused-ring (bicyclic) bond motifs is 2. The van der Waals surface area contributed by atoms with E-state index in [0.29, 0.717) is 6.54 Å². The van der Waals surface area contributed by atoms with Crippen molar-refractivity contribution in [2.24, 2.45) is 10.4 Å². The molecule has 0 aromatic heterocycles. The van der Waals surface area contributed by atoms with Crippen molar-refractivity contribution in [2.45, 2.75) is 34.2 Å². The molecule has 0 saturated heterocycles. The van der Waals surface area contributed by atoms with Gasteiger partial charge < -0.3 is 10.6 Å². The van der Waals surface area contributed by atoms with Crippen molar-refractivity contribution in [3.63, 3.8) is 0 Å². The predicted molar refractivity (Wildman–Crippen MR) is 129 cm³/mol. The lowest BCUT2D eigenvalue weighted by Gasteiger charge is -2.26. The third kappa shape index (κ3) is 4.62. The average molecular weight is 396 g/mol. The van der Waals surface area contributed by atoms with Crippen LogP contribution in [0.5, 0.6) is 0 Å². The highest BCUT2D eigenvalue weighted by Gasteiger charge is 2.21. The van der Waals surface area contributed by atoms with Crippen molar-refractivity contribution >= 4 is 22.9 Å². The van der Waals surface area contributed by atoms with Gasteiger partial charge in [-0.15, -0.1) is 0 Å². The number of para-hydroxylation sites is 1. The summed E-state index contributed by atoms with van der Waals surface area (Å²) in [6, 6.07) is 25.3. The lowest BCUT2D eigenvalue weighted by atomic mass is 9.86. The summed E-state index contributed by atoms with van der Waals surface area (Å²) in [5.41, 5.74) is 8.21. The van der Waals surface area contributed by atoms with E-state index >= 15 is 0 Å². The number of nitrogens with zero attached hydrogens (tertiary/aromatic N) is 1. The molecule has 0 radical (unpaired) electrons. The summed E-state index contributed by atoms with van der Waals surface area (Å²) in [5, 5.41) is 7.09. The number of hydrogen-bond donors (Lipinski definition) is 2. The molecule has 0 unspecified atom stereocenters. The first kappa shape index (κ1) is 20.0. The minimum Gasteiger partial charge on any atom is -0.325 e. The van der Waals surface area contributed by atoms with Crippen LogP contribution in [0.3, 0.4) is 0 Å². The van der Waals surface area contributed by atoms with Gasteiger partial charge in [0.05, 0.1) is 6.54 Å². The lowest BCUT2D eigenvalue weighted by Crippen LogP contribution is -2.25. The van der Waals surface area contributed by atoms with Gasteiger partial charge >= 0.3 is 0 Å². The Morgan fingerprint density at radius 1 is 0.800 bits per heavy atom. The molecule has 4 rings (SSSR count). The molecule has 0 atom stereocenters. The number of hydrogen-bond acceptors (Lipinski definition) is 1. The molecule has 1 aliphatic heterocycles. The van der Waals surface area contributed by atoms with E-state index in [0.717, 1.165) is 17.3 Å². The van der Waals surface area contributed by atoms with E-state index in [1.165, 1.54) is 27.8 Å². The molecule has 0 amide bonds. The Morgan fingerprint density at radius 2 is 1.47 bits per heavy atom. The Balaban J connectivity index is 1.85. The van der Waals surface area contributed by atoms with Crippen LogP contribution in [-0.4, -0.2) is 5.96 Å². The second-order valence-corrected chi connectivity index (χ2v) is 8.92. The van der Waals surface area contributed by atoms with Gasteiger partial charge in [-0.1, -0.05) is 87.0 Å². The van der Waals surface area contributed by atoms with E-state index in [1.807, 2.05) is 18.2 Å². The smallest absolute Gasteiger partial charge is 0.200 e. The molecule has 1 heterocycles. The van der Waals surface area contributed by atoms with Gasteiger partial charge in [0.2, 0.25) is 5.96 Å². The Hall–Kier alpha value is -3.33. The Morgan fingerprint density at radius 3 is 2.20 bits per heavy atom. The molecule has 0 bridgehead atoms. The Labute approximate surface area is 179 Å². The van der Waals surface area contributed by atoms with E-state index in [4.69, 9.17) is 4.99 Å². The first-order valence-electron chi connectivity index (χ1n) is 10.4. The SMILES string of the molecule is Cc1ccc2c(c1)/C(=C/C(C)(C)C)c1ccccc1NC(=NCc1ccccc1)N2. The number of benzene rings is 3. The molecule has 0 saturated carbocycles. The molecule has 0 fully saturated rings. The van der Waals surface area contributed by atoms with Gasteiger partial charge in [-0.2, -0.15) is 0 Å². The van der Waals surface area contributed by atoms with Crippen molar-refractivity contribution < 1.29 is 0 Å². The standard InChI is InChI=1S/C27H29N3/c1-19-14-15-25-22(16-19)23(17-27(2,3)4)21-12-8-9-13-24(21)29-26(30-25)28-18-20-10-6-5-7-11-20/h5-17H,18H2,1-4H3,(H2,28,29,30)/b23-17+. The van der Waals surface area contributed by atoms with Crippen molar-refractivity contribution in [3.8, 4) is 0 Å². The molecule has 152 valence electrons. The van der Waals surface area contributed by atoms with Crippen LogP contribution in [0.15, 0.2) is 83.9 Å². The Kier molecular flexibility index (Phi) is 5.45. The highest BCUT2D eigenvalue weighted by molar-refractivity contribution is 6.09. The van der Waals surface area contributed by atoms with Crippen LogP contribution < -0.4 is 10.6 Å². The van der Waals surface area contributed by atoms with Gasteiger partial charge in [0.15, 0.2) is 0 Å². The molecular weight excluding hydrogens is 366 g/mol. The molecule has 1 aliphatic rings. The zero-order valence-electron chi connectivity index (χ0n) is 18.2. The van der Waals surface area contributed by atoms with Crippen molar-refractivity contribution in [2.75, 3.05) is 10.6 Å². The molecule has 30 heavy (non-hydrogen) atoms. The van der Waals surface area contributed by atoms with Gasteiger partial charge in [-0.05, 0) is 41.7 Å². The van der Waals surface area contributed by atoms with Gasteiger partial charge in [0.25, 0.3) is 0 Å². The van der Waals surface area contributed by atoms with Crippen LogP contribution >= 0.6 is 0 Å². The Bertz CT molecular complexity index is 1100. The van der Waals surface area contributed by atoms with Gasteiger partial charge in [0.1, 0.15) is 0 Å². The second-order valence-electron chi connectivity index (χ2n) is 8.92. The second kappa shape index (κ2) is 8.19. The maximum atomic E-state index is 4.85. The van der Waals surface area contributed by atoms with Crippen LogP contribution in [0.25, 0.3) is 5.57 Å². The van der Waals surface area contributed by atoms with Crippen LogP contribution in [0.4, 0.5) is 11.4 Å². The zero-order chi connectivity index (χ0) is 21.1. The van der Waals surface area contributed by atoms with E-state index in [-0.39, 0.29) is 5.41 Å². The summed E-state index contributed by atoms with van der Waals surface area (Å²) in [6.07, 6.45) is 2.36. The van der Waals surface area contributed by atoms with Crippen molar-refractivity contribution in [1.29, 1.82) is 0 Å². The average Bonchev–Trinajstić information content (AvgIpc) is 2.71. The molecule has 0 aliphatic carbocycles. The number of nitrogens with one attached hydrogen (secondary N) is 2. The monoisotopic (exact) mass is 395 g/mol. The summed E-state index contributed by atoms with van der Waals surface area (Å²) >= 11 is 0. The highest BCUT2D eigenvalue weighted by Crippen LogP contribution is 2.38. The summed E-state index contributed by atoms with van der Waals surface area (Å²) < 4.78 is 0. The molecule has 3 heteroatoms. The summed E-state index contributed by atoms with van der Waals surface area (Å²) in [7, 11) is 0. The summed E-state index contributed by atoms with van der Waals surface area (Å²) in [6.45, 7) is 9.48. The maximum absolute atomic E-state index is 4.85. The van der Waals surface area contributed by atoms with E-state index in [2.05, 4.69) is 99.0 Å². The number of guanidine groups is 1. The minimum atomic E-state index is 0.0485. The summed E-state index contributed by atoms with van der Waals surface area (Å²) in [4.78, 5) is 4.85. The molecule has 3 aromatic carbocycles. The maximum Gasteiger partial charge on any atom is 0.200 e. The summed E-state index contributed by atoms with van der Waals surface area (Å²) in [5.74, 6) is 0.756. The van der Waals surface area contributed by atoms with E-state index < -0.39 is 0 Å². The molecule has 0 spiro atoms. The fourth-order valence-electron chi connectivity index (χ4n) is 3.67. The minimum absolute atomic E-state index is 0.0485. The number of aliphatic imine (C=N–C) groups is 1. The molecular formula is C27H29N3.